The lowest BCUT2D eigenvalue weighted by Gasteiger charge is -2.06. The first-order chi connectivity index (χ1) is 13.5. The van der Waals surface area contributed by atoms with Crippen molar-refractivity contribution in [3.8, 4) is 0 Å². The van der Waals surface area contributed by atoms with Crippen molar-refractivity contribution >= 4 is 23.0 Å². The molecule has 0 radical (unpaired) electrons. The number of hydrogen-bond donors (Lipinski definition) is 1. The molecule has 148 valence electrons. The average Bonchev–Trinajstić information content (AvgIpc) is 3.34. The predicted molar refractivity (Wildman–Crippen MR) is 105 cm³/mol. The molecule has 28 heavy (non-hydrogen) atoms. The van der Waals surface area contributed by atoms with Gasteiger partial charge in [0.2, 0.25) is 5.91 Å². The molecule has 1 aromatic carbocycles. The fraction of sp³-hybridized carbons (Fsp3) is 0.450. The molecule has 2 aliphatic rings. The van der Waals surface area contributed by atoms with Crippen LogP contribution in [-0.2, 0) is 4.79 Å². The molecule has 1 fully saturated rings. The molecule has 2 atom stereocenters. The molecule has 2 unspecified atom stereocenters. The lowest BCUT2D eigenvalue weighted by Crippen LogP contribution is -2.16. The van der Waals surface area contributed by atoms with Crippen LogP contribution in [0.15, 0.2) is 42.5 Å². The molecule has 0 aliphatic heterocycles. The van der Waals surface area contributed by atoms with Crippen molar-refractivity contribution in [3.05, 3.63) is 62.7 Å². The van der Waals surface area contributed by atoms with E-state index in [9.17, 15) is 25.0 Å². The van der Waals surface area contributed by atoms with Gasteiger partial charge in [0, 0.05) is 12.0 Å². The number of nitrogens with zero attached hydrogens (tertiary/aromatic N) is 2. The first kappa shape index (κ1) is 19.7. The summed E-state index contributed by atoms with van der Waals surface area (Å²) >= 11 is 0. The van der Waals surface area contributed by atoms with E-state index in [0.29, 0.717) is 0 Å². The van der Waals surface area contributed by atoms with E-state index in [1.165, 1.54) is 6.07 Å². The number of fused-ring (bicyclic) bond motifs is 1. The minimum absolute atomic E-state index is 0.00251. The molecule has 0 spiro atoms. The quantitative estimate of drug-likeness (QED) is 0.455. The van der Waals surface area contributed by atoms with Gasteiger partial charge < -0.3 is 5.32 Å². The van der Waals surface area contributed by atoms with E-state index in [0.717, 1.165) is 50.7 Å². The van der Waals surface area contributed by atoms with E-state index in [-0.39, 0.29) is 35.0 Å². The fourth-order valence-corrected chi connectivity index (χ4v) is 3.97. The topological polar surface area (TPSA) is 115 Å². The maximum Gasteiger partial charge on any atom is 0.299 e. The lowest BCUT2D eigenvalue weighted by molar-refractivity contribution is -0.393. The number of anilines is 1. The Hall–Kier alpha value is -3.03. The number of carbonyl (C=O) groups excluding carboxylic acids is 1. The molecule has 2 aliphatic carbocycles. The molecule has 8 heteroatoms. The number of nitro groups is 2. The molecule has 0 heterocycles. The summed E-state index contributed by atoms with van der Waals surface area (Å²) in [6.45, 7) is 0. The van der Waals surface area contributed by atoms with Crippen LogP contribution >= 0.6 is 0 Å². The standard InChI is InChI=1S/C20H23N3O5/c24-20(21-17-12-11-14(22(25)26)13-18(17)23(27)28)19-15-9-7-5-3-1-2-4-6-8-10-16(15)19/h3-6,11-13,15-16,19H,1-2,7-10H2,(H,21,24). The van der Waals surface area contributed by atoms with Crippen molar-refractivity contribution in [1.82, 2.24) is 0 Å². The van der Waals surface area contributed by atoms with Gasteiger partial charge in [-0.3, -0.25) is 25.0 Å². The van der Waals surface area contributed by atoms with E-state index in [1.54, 1.807) is 0 Å². The second kappa shape index (κ2) is 8.77. The highest BCUT2D eigenvalue weighted by Crippen LogP contribution is 2.52. The number of benzene rings is 1. The van der Waals surface area contributed by atoms with Gasteiger partial charge in [-0.25, -0.2) is 0 Å². The van der Waals surface area contributed by atoms with Gasteiger partial charge >= 0.3 is 0 Å². The smallest absolute Gasteiger partial charge is 0.299 e. The van der Waals surface area contributed by atoms with E-state index in [4.69, 9.17) is 0 Å². The lowest BCUT2D eigenvalue weighted by atomic mass is 10.1. The number of carbonyl (C=O) groups is 1. The minimum Gasteiger partial charge on any atom is -0.320 e. The largest absolute Gasteiger partial charge is 0.320 e. The van der Waals surface area contributed by atoms with Crippen LogP contribution in [0.4, 0.5) is 17.1 Å². The molecule has 0 bridgehead atoms. The van der Waals surface area contributed by atoms with Crippen LogP contribution in [0.25, 0.3) is 0 Å². The highest BCUT2D eigenvalue weighted by atomic mass is 16.6. The molecule has 1 aromatic rings. The number of nitro benzene ring substituents is 2. The van der Waals surface area contributed by atoms with Gasteiger partial charge in [-0.05, 0) is 56.4 Å². The summed E-state index contributed by atoms with van der Waals surface area (Å²) in [4.78, 5) is 33.5. The molecule has 1 amide bonds. The average molecular weight is 385 g/mol. The van der Waals surface area contributed by atoms with Gasteiger partial charge in [0.05, 0.1) is 15.9 Å². The Bertz CT molecular complexity index is 809. The molecule has 3 rings (SSSR count). The second-order valence-corrected chi connectivity index (χ2v) is 7.23. The van der Waals surface area contributed by atoms with Crippen molar-refractivity contribution in [2.24, 2.45) is 17.8 Å². The van der Waals surface area contributed by atoms with E-state index in [2.05, 4.69) is 29.6 Å². The number of allylic oxidation sites excluding steroid dienone is 4. The summed E-state index contributed by atoms with van der Waals surface area (Å²) in [7, 11) is 0. The molecule has 1 N–H and O–H groups in total. The van der Waals surface area contributed by atoms with E-state index in [1.807, 2.05) is 0 Å². The molecule has 0 saturated heterocycles. The third-order valence-corrected chi connectivity index (χ3v) is 5.45. The SMILES string of the molecule is O=C(Nc1ccc([N+](=O)[O-])cc1[N+](=O)[O-])C1C2CCC=CCCC=CCCC21. The summed E-state index contributed by atoms with van der Waals surface area (Å²) < 4.78 is 0. The Labute approximate surface area is 162 Å². The van der Waals surface area contributed by atoms with Crippen molar-refractivity contribution in [1.29, 1.82) is 0 Å². The first-order valence-corrected chi connectivity index (χ1v) is 9.52. The van der Waals surface area contributed by atoms with E-state index < -0.39 is 15.5 Å². The first-order valence-electron chi connectivity index (χ1n) is 9.52. The summed E-state index contributed by atoms with van der Waals surface area (Å²) in [5.74, 6) is 0.135. The molecule has 0 aromatic heterocycles. The molecule has 8 nitrogen and oxygen atoms in total. The van der Waals surface area contributed by atoms with Crippen molar-refractivity contribution in [2.75, 3.05) is 5.32 Å². The maximum atomic E-state index is 12.8. The van der Waals surface area contributed by atoms with Crippen LogP contribution in [0.1, 0.15) is 38.5 Å². The number of amides is 1. The number of hydrogen-bond acceptors (Lipinski definition) is 5. The summed E-state index contributed by atoms with van der Waals surface area (Å²) in [6, 6.07) is 3.27. The fourth-order valence-electron chi connectivity index (χ4n) is 3.97. The molecular formula is C20H23N3O5. The zero-order chi connectivity index (χ0) is 20.1. The normalized spacial score (nSPS) is 24.4. The van der Waals surface area contributed by atoms with Crippen LogP contribution in [0.5, 0.6) is 0 Å². The van der Waals surface area contributed by atoms with Crippen molar-refractivity contribution in [2.45, 2.75) is 38.5 Å². The van der Waals surface area contributed by atoms with Crippen LogP contribution in [-0.4, -0.2) is 15.8 Å². The van der Waals surface area contributed by atoms with Crippen LogP contribution in [0, 0.1) is 38.0 Å². The van der Waals surface area contributed by atoms with Crippen LogP contribution in [0.2, 0.25) is 0 Å². The van der Waals surface area contributed by atoms with Gasteiger partial charge in [0.1, 0.15) is 5.69 Å². The monoisotopic (exact) mass is 385 g/mol. The van der Waals surface area contributed by atoms with Crippen LogP contribution in [0.3, 0.4) is 0 Å². The van der Waals surface area contributed by atoms with Gasteiger partial charge in [-0.1, -0.05) is 24.3 Å². The summed E-state index contributed by atoms with van der Waals surface area (Å²) in [5.41, 5.74) is -0.841. The predicted octanol–water partition coefficient (Wildman–Crippen LogP) is 4.77. The number of non-ortho nitro benzene ring substituents is 1. The highest BCUT2D eigenvalue weighted by Gasteiger charge is 2.53. The van der Waals surface area contributed by atoms with Gasteiger partial charge in [0.25, 0.3) is 11.4 Å². The summed E-state index contributed by atoms with van der Waals surface area (Å²) in [6.07, 6.45) is 14.4. The van der Waals surface area contributed by atoms with Gasteiger partial charge in [0.15, 0.2) is 0 Å². The second-order valence-electron chi connectivity index (χ2n) is 7.23. The van der Waals surface area contributed by atoms with Gasteiger partial charge in [-0.2, -0.15) is 0 Å². The highest BCUT2D eigenvalue weighted by molar-refractivity contribution is 5.97. The minimum atomic E-state index is -0.713. The maximum absolute atomic E-state index is 12.8. The van der Waals surface area contributed by atoms with Crippen LogP contribution < -0.4 is 5.32 Å². The van der Waals surface area contributed by atoms with E-state index >= 15 is 0 Å². The zero-order valence-corrected chi connectivity index (χ0v) is 15.5. The van der Waals surface area contributed by atoms with Crippen molar-refractivity contribution < 1.29 is 14.6 Å². The Balaban J connectivity index is 1.72. The number of nitrogens with one attached hydrogen (secondary N) is 1. The summed E-state index contributed by atoms with van der Waals surface area (Å²) in [5, 5.41) is 24.8. The molecule has 1 saturated carbocycles. The molecular weight excluding hydrogens is 362 g/mol. The third-order valence-electron chi connectivity index (χ3n) is 5.45. The Morgan fingerprint density at radius 2 is 1.46 bits per heavy atom. The Kier molecular flexibility index (Phi) is 6.18. The Morgan fingerprint density at radius 1 is 0.893 bits per heavy atom. The Morgan fingerprint density at radius 3 is 2.00 bits per heavy atom. The van der Waals surface area contributed by atoms with Crippen molar-refractivity contribution in [3.63, 3.8) is 0 Å². The zero-order valence-electron chi connectivity index (χ0n) is 15.5. The number of rotatable bonds is 4. The van der Waals surface area contributed by atoms with Gasteiger partial charge in [-0.15, -0.1) is 0 Å². The third kappa shape index (κ3) is 4.62.